The molecular formula is C15H16O. The molecule has 16 heavy (non-hydrogen) atoms. The number of hydrogen-bond acceptors (Lipinski definition) is 1. The molecule has 1 nitrogen and oxygen atoms in total. The molecule has 0 spiro atoms. The number of ketones is 1. The minimum absolute atomic E-state index is 0.121. The first-order chi connectivity index (χ1) is 7.70. The van der Waals surface area contributed by atoms with Crippen LogP contribution in [0.3, 0.4) is 0 Å². The van der Waals surface area contributed by atoms with E-state index >= 15 is 0 Å². The Hall–Kier alpha value is -1.89. The van der Waals surface area contributed by atoms with Gasteiger partial charge in [-0.2, -0.15) is 0 Å². The number of hydrogen-bond donors (Lipinski definition) is 0. The second-order valence-corrected chi connectivity index (χ2v) is 3.58. The van der Waals surface area contributed by atoms with Gasteiger partial charge >= 0.3 is 0 Å². The van der Waals surface area contributed by atoms with Gasteiger partial charge in [-0.3, -0.25) is 4.79 Å². The zero-order valence-electron chi connectivity index (χ0n) is 9.68. The Morgan fingerprint density at radius 3 is 1.50 bits per heavy atom. The molecule has 0 fully saturated rings. The molecule has 2 aromatic rings. The lowest BCUT2D eigenvalue weighted by molar-refractivity contribution is 0.101. The Morgan fingerprint density at radius 2 is 1.25 bits per heavy atom. The SMILES string of the molecule is CC(=O)c1ccccc1.Cc1ccccc1. The molecule has 0 aliphatic carbocycles. The van der Waals surface area contributed by atoms with Crippen molar-refractivity contribution in [3.05, 3.63) is 71.8 Å². The molecule has 0 amide bonds. The summed E-state index contributed by atoms with van der Waals surface area (Å²) in [5, 5.41) is 0. The van der Waals surface area contributed by atoms with Crippen molar-refractivity contribution in [2.45, 2.75) is 13.8 Å². The van der Waals surface area contributed by atoms with Crippen LogP contribution in [-0.4, -0.2) is 5.78 Å². The van der Waals surface area contributed by atoms with Crippen LogP contribution < -0.4 is 0 Å². The van der Waals surface area contributed by atoms with Crippen LogP contribution in [-0.2, 0) is 0 Å². The highest BCUT2D eigenvalue weighted by Crippen LogP contribution is 1.97. The van der Waals surface area contributed by atoms with E-state index in [4.69, 9.17) is 0 Å². The van der Waals surface area contributed by atoms with E-state index in [0.29, 0.717) is 0 Å². The molecule has 0 aromatic heterocycles. The molecular weight excluding hydrogens is 196 g/mol. The second kappa shape index (κ2) is 6.57. The highest BCUT2D eigenvalue weighted by molar-refractivity contribution is 5.93. The highest BCUT2D eigenvalue weighted by atomic mass is 16.1. The van der Waals surface area contributed by atoms with Crippen LogP contribution in [0.4, 0.5) is 0 Å². The molecule has 2 rings (SSSR count). The topological polar surface area (TPSA) is 17.1 Å². The van der Waals surface area contributed by atoms with Gasteiger partial charge in [-0.05, 0) is 13.8 Å². The minimum Gasteiger partial charge on any atom is -0.295 e. The van der Waals surface area contributed by atoms with Crippen LogP contribution in [0, 0.1) is 6.92 Å². The van der Waals surface area contributed by atoms with Gasteiger partial charge in [-0.25, -0.2) is 0 Å². The number of carbonyl (C=O) groups is 1. The fourth-order valence-electron chi connectivity index (χ4n) is 1.21. The maximum absolute atomic E-state index is 10.6. The summed E-state index contributed by atoms with van der Waals surface area (Å²) in [6.45, 7) is 3.65. The first-order valence-electron chi connectivity index (χ1n) is 5.28. The van der Waals surface area contributed by atoms with E-state index in [2.05, 4.69) is 19.1 Å². The summed E-state index contributed by atoms with van der Waals surface area (Å²) in [6, 6.07) is 19.5. The van der Waals surface area contributed by atoms with Crippen molar-refractivity contribution < 1.29 is 4.79 Å². The molecule has 0 saturated carbocycles. The predicted octanol–water partition coefficient (Wildman–Crippen LogP) is 3.88. The van der Waals surface area contributed by atoms with E-state index in [-0.39, 0.29) is 5.78 Å². The van der Waals surface area contributed by atoms with Gasteiger partial charge in [-0.1, -0.05) is 66.2 Å². The quantitative estimate of drug-likeness (QED) is 0.655. The summed E-state index contributed by atoms with van der Waals surface area (Å²) in [5.74, 6) is 0.121. The van der Waals surface area contributed by atoms with Crippen LogP contribution >= 0.6 is 0 Å². The maximum atomic E-state index is 10.6. The van der Waals surface area contributed by atoms with E-state index in [1.54, 1.807) is 6.92 Å². The third kappa shape index (κ3) is 4.56. The fraction of sp³-hybridized carbons (Fsp3) is 0.133. The van der Waals surface area contributed by atoms with Gasteiger partial charge < -0.3 is 0 Å². The Bertz CT molecular complexity index is 418. The Morgan fingerprint density at radius 1 is 0.812 bits per heavy atom. The van der Waals surface area contributed by atoms with Crippen molar-refractivity contribution in [2.75, 3.05) is 0 Å². The number of aryl methyl sites for hydroxylation is 1. The van der Waals surface area contributed by atoms with Gasteiger partial charge in [0.15, 0.2) is 5.78 Å². The number of benzene rings is 2. The predicted molar refractivity (Wildman–Crippen MR) is 67.6 cm³/mol. The molecule has 1 heteroatoms. The summed E-state index contributed by atoms with van der Waals surface area (Å²) >= 11 is 0. The first kappa shape index (κ1) is 12.2. The van der Waals surface area contributed by atoms with Crippen LogP contribution in [0.15, 0.2) is 60.7 Å². The van der Waals surface area contributed by atoms with Gasteiger partial charge in [0.25, 0.3) is 0 Å². The zero-order valence-corrected chi connectivity index (χ0v) is 9.68. The molecule has 0 saturated heterocycles. The molecule has 0 unspecified atom stereocenters. The standard InChI is InChI=1S/C8H8O.C7H8/c1-7(9)8-5-3-2-4-6-8;1-7-5-3-2-4-6-7/h2-6H,1H3;2-6H,1H3. The lowest BCUT2D eigenvalue weighted by Crippen LogP contribution is -1.88. The lowest BCUT2D eigenvalue weighted by atomic mass is 10.2. The van der Waals surface area contributed by atoms with Crippen molar-refractivity contribution >= 4 is 5.78 Å². The summed E-state index contributed by atoms with van der Waals surface area (Å²) in [5.41, 5.74) is 2.10. The molecule has 2 aromatic carbocycles. The van der Waals surface area contributed by atoms with Crippen molar-refractivity contribution in [3.63, 3.8) is 0 Å². The van der Waals surface area contributed by atoms with Gasteiger partial charge in [0.1, 0.15) is 0 Å². The molecule has 0 atom stereocenters. The average Bonchev–Trinajstić information content (AvgIpc) is 2.32. The van der Waals surface area contributed by atoms with E-state index in [1.165, 1.54) is 5.56 Å². The van der Waals surface area contributed by atoms with Crippen LogP contribution in [0.1, 0.15) is 22.8 Å². The van der Waals surface area contributed by atoms with E-state index in [1.807, 2.05) is 48.5 Å². The average molecular weight is 212 g/mol. The molecule has 82 valence electrons. The van der Waals surface area contributed by atoms with Gasteiger partial charge in [-0.15, -0.1) is 0 Å². The Balaban J connectivity index is 0.000000165. The molecule has 0 heterocycles. The molecule has 0 aliphatic heterocycles. The Labute approximate surface area is 96.8 Å². The van der Waals surface area contributed by atoms with E-state index in [9.17, 15) is 4.79 Å². The maximum Gasteiger partial charge on any atom is 0.159 e. The molecule has 0 radical (unpaired) electrons. The van der Waals surface area contributed by atoms with Crippen molar-refractivity contribution in [1.29, 1.82) is 0 Å². The monoisotopic (exact) mass is 212 g/mol. The number of carbonyl (C=O) groups excluding carboxylic acids is 1. The highest BCUT2D eigenvalue weighted by Gasteiger charge is 1.92. The summed E-state index contributed by atoms with van der Waals surface area (Å²) in [6.07, 6.45) is 0. The van der Waals surface area contributed by atoms with Gasteiger partial charge in [0.05, 0.1) is 0 Å². The largest absolute Gasteiger partial charge is 0.295 e. The van der Waals surface area contributed by atoms with Crippen molar-refractivity contribution in [2.24, 2.45) is 0 Å². The van der Waals surface area contributed by atoms with E-state index in [0.717, 1.165) is 5.56 Å². The van der Waals surface area contributed by atoms with Crippen LogP contribution in [0.2, 0.25) is 0 Å². The first-order valence-corrected chi connectivity index (χ1v) is 5.28. The van der Waals surface area contributed by atoms with Crippen molar-refractivity contribution in [1.82, 2.24) is 0 Å². The third-order valence-electron chi connectivity index (χ3n) is 2.12. The zero-order chi connectivity index (χ0) is 11.8. The lowest BCUT2D eigenvalue weighted by Gasteiger charge is -1.89. The van der Waals surface area contributed by atoms with Crippen LogP contribution in [0.25, 0.3) is 0 Å². The second-order valence-electron chi connectivity index (χ2n) is 3.58. The minimum atomic E-state index is 0.121. The molecule has 0 bridgehead atoms. The summed E-state index contributed by atoms with van der Waals surface area (Å²) in [7, 11) is 0. The van der Waals surface area contributed by atoms with Gasteiger partial charge in [0.2, 0.25) is 0 Å². The van der Waals surface area contributed by atoms with Gasteiger partial charge in [0, 0.05) is 5.56 Å². The summed E-state index contributed by atoms with van der Waals surface area (Å²) in [4.78, 5) is 10.6. The summed E-state index contributed by atoms with van der Waals surface area (Å²) < 4.78 is 0. The molecule has 0 N–H and O–H groups in total. The third-order valence-corrected chi connectivity index (χ3v) is 2.12. The number of rotatable bonds is 1. The van der Waals surface area contributed by atoms with Crippen LogP contribution in [0.5, 0.6) is 0 Å². The molecule has 0 aliphatic rings. The fourth-order valence-corrected chi connectivity index (χ4v) is 1.21. The Kier molecular flexibility index (Phi) is 5.00. The number of Topliss-reactive ketones (excluding diaryl/α,β-unsaturated/α-hetero) is 1. The van der Waals surface area contributed by atoms with Crippen molar-refractivity contribution in [3.8, 4) is 0 Å². The smallest absolute Gasteiger partial charge is 0.159 e. The van der Waals surface area contributed by atoms with E-state index < -0.39 is 0 Å². The normalized spacial score (nSPS) is 8.88.